The topological polar surface area (TPSA) is 87.8 Å². The molecule has 0 bridgehead atoms. The molecular formula is C15H16N6O. The molecule has 112 valence electrons. The van der Waals surface area contributed by atoms with Crippen LogP contribution in [0, 0.1) is 18.3 Å². The highest BCUT2D eigenvalue weighted by Gasteiger charge is 2.24. The third-order valence-electron chi connectivity index (χ3n) is 3.56. The van der Waals surface area contributed by atoms with Crippen molar-refractivity contribution in [3.05, 3.63) is 36.0 Å². The molecule has 3 rings (SSSR count). The predicted molar refractivity (Wildman–Crippen MR) is 79.4 cm³/mol. The lowest BCUT2D eigenvalue weighted by atomic mass is 10.1. The van der Waals surface area contributed by atoms with Crippen LogP contribution in [0.2, 0.25) is 0 Å². The second-order valence-corrected chi connectivity index (χ2v) is 5.19. The lowest BCUT2D eigenvalue weighted by Crippen LogP contribution is -2.39. The van der Waals surface area contributed by atoms with E-state index in [1.807, 2.05) is 6.92 Å². The van der Waals surface area contributed by atoms with Gasteiger partial charge in [-0.1, -0.05) is 0 Å². The number of anilines is 1. The van der Waals surface area contributed by atoms with E-state index in [0.29, 0.717) is 17.5 Å². The first-order chi connectivity index (χ1) is 10.8. The number of aryl methyl sites for hydroxylation is 1. The van der Waals surface area contributed by atoms with E-state index in [0.717, 1.165) is 31.5 Å². The van der Waals surface area contributed by atoms with Crippen LogP contribution in [-0.2, 0) is 0 Å². The zero-order valence-corrected chi connectivity index (χ0v) is 12.3. The van der Waals surface area contributed by atoms with Crippen molar-refractivity contribution in [3.8, 4) is 12.1 Å². The minimum Gasteiger partial charge on any atom is -0.460 e. The Bertz CT molecular complexity index is 673. The first-order valence-corrected chi connectivity index (χ1v) is 7.17. The molecule has 1 saturated heterocycles. The van der Waals surface area contributed by atoms with Crippen LogP contribution in [0.25, 0.3) is 0 Å². The third kappa shape index (κ3) is 3.11. The predicted octanol–water partition coefficient (Wildman–Crippen LogP) is 1.49. The van der Waals surface area contributed by atoms with Gasteiger partial charge in [0.2, 0.25) is 0 Å². The molecule has 3 heterocycles. The molecule has 0 aliphatic carbocycles. The van der Waals surface area contributed by atoms with E-state index >= 15 is 0 Å². The number of aromatic nitrogens is 4. The molecule has 0 radical (unpaired) electrons. The van der Waals surface area contributed by atoms with Gasteiger partial charge in [0.1, 0.15) is 12.2 Å². The van der Waals surface area contributed by atoms with Crippen LogP contribution in [0.3, 0.4) is 0 Å². The Hall–Kier alpha value is -2.75. The third-order valence-corrected chi connectivity index (χ3v) is 3.56. The second-order valence-electron chi connectivity index (χ2n) is 5.19. The molecule has 0 saturated carbocycles. The van der Waals surface area contributed by atoms with Crippen LogP contribution >= 0.6 is 0 Å². The summed E-state index contributed by atoms with van der Waals surface area (Å²) >= 11 is 0. The van der Waals surface area contributed by atoms with Gasteiger partial charge in [0.05, 0.1) is 0 Å². The van der Waals surface area contributed by atoms with Gasteiger partial charge in [-0.2, -0.15) is 5.26 Å². The molecule has 22 heavy (non-hydrogen) atoms. The Labute approximate surface area is 128 Å². The van der Waals surface area contributed by atoms with Crippen LogP contribution < -0.4 is 9.64 Å². The van der Waals surface area contributed by atoms with Crippen LogP contribution in [-0.4, -0.2) is 39.1 Å². The van der Waals surface area contributed by atoms with Crippen molar-refractivity contribution >= 4 is 5.82 Å². The van der Waals surface area contributed by atoms with Gasteiger partial charge in [-0.25, -0.2) is 19.9 Å². The summed E-state index contributed by atoms with van der Waals surface area (Å²) in [7, 11) is 0. The smallest absolute Gasteiger partial charge is 0.316 e. The number of nitriles is 1. The van der Waals surface area contributed by atoms with Crippen molar-refractivity contribution in [2.45, 2.75) is 25.9 Å². The molecule has 0 aromatic carbocycles. The lowest BCUT2D eigenvalue weighted by Gasteiger charge is -2.32. The van der Waals surface area contributed by atoms with Gasteiger partial charge in [-0.15, -0.1) is 0 Å². The monoisotopic (exact) mass is 296 g/mol. The van der Waals surface area contributed by atoms with Crippen LogP contribution in [0.15, 0.2) is 24.8 Å². The summed E-state index contributed by atoms with van der Waals surface area (Å²) in [6.45, 7) is 3.48. The van der Waals surface area contributed by atoms with Crippen molar-refractivity contribution in [1.82, 2.24) is 19.9 Å². The van der Waals surface area contributed by atoms with Crippen LogP contribution in [0.5, 0.6) is 6.01 Å². The standard InChI is InChI=1S/C15H16N6O/c1-11-9-19-15(20-10-11)22-12-2-6-21(7-3-12)14-13(8-16)17-4-5-18-14/h4-5,9-10,12H,2-3,6-7H2,1H3. The zero-order valence-electron chi connectivity index (χ0n) is 12.3. The van der Waals surface area contributed by atoms with Crippen molar-refractivity contribution in [1.29, 1.82) is 5.26 Å². The van der Waals surface area contributed by atoms with Gasteiger partial charge in [0, 0.05) is 50.7 Å². The van der Waals surface area contributed by atoms with Crippen LogP contribution in [0.1, 0.15) is 24.1 Å². The van der Waals surface area contributed by atoms with Gasteiger partial charge in [-0.05, 0) is 12.5 Å². The second kappa shape index (κ2) is 6.35. The van der Waals surface area contributed by atoms with E-state index < -0.39 is 0 Å². The fraction of sp³-hybridized carbons (Fsp3) is 0.400. The molecule has 1 fully saturated rings. The highest BCUT2D eigenvalue weighted by molar-refractivity contribution is 5.49. The van der Waals surface area contributed by atoms with Crippen LogP contribution in [0.4, 0.5) is 5.82 Å². The molecule has 1 aliphatic rings. The van der Waals surface area contributed by atoms with Crippen molar-refractivity contribution in [2.75, 3.05) is 18.0 Å². The maximum absolute atomic E-state index is 9.10. The maximum Gasteiger partial charge on any atom is 0.316 e. The van der Waals surface area contributed by atoms with E-state index in [1.165, 1.54) is 6.20 Å². The molecule has 7 nitrogen and oxygen atoms in total. The minimum atomic E-state index is 0.0844. The quantitative estimate of drug-likeness (QED) is 0.848. The molecule has 1 aliphatic heterocycles. The van der Waals surface area contributed by atoms with Crippen molar-refractivity contribution in [2.24, 2.45) is 0 Å². The molecule has 0 unspecified atom stereocenters. The molecular weight excluding hydrogens is 280 g/mol. The van der Waals surface area contributed by atoms with E-state index in [9.17, 15) is 0 Å². The van der Waals surface area contributed by atoms with Gasteiger partial charge < -0.3 is 9.64 Å². The fourth-order valence-corrected chi connectivity index (χ4v) is 2.42. The molecule has 0 spiro atoms. The van der Waals surface area contributed by atoms with Gasteiger partial charge in [0.25, 0.3) is 0 Å². The summed E-state index contributed by atoms with van der Waals surface area (Å²) in [5, 5.41) is 9.10. The van der Waals surface area contributed by atoms with E-state index in [4.69, 9.17) is 10.00 Å². The largest absolute Gasteiger partial charge is 0.460 e. The van der Waals surface area contributed by atoms with E-state index in [1.54, 1.807) is 18.6 Å². The maximum atomic E-state index is 9.10. The molecule has 0 atom stereocenters. The Kier molecular flexibility index (Phi) is 4.10. The zero-order chi connectivity index (χ0) is 15.4. The van der Waals surface area contributed by atoms with E-state index in [-0.39, 0.29) is 6.10 Å². The SMILES string of the molecule is Cc1cnc(OC2CCN(c3nccnc3C#N)CC2)nc1. The Morgan fingerprint density at radius 1 is 1.14 bits per heavy atom. The summed E-state index contributed by atoms with van der Waals surface area (Å²) in [6.07, 6.45) is 8.39. The number of piperidine rings is 1. The van der Waals surface area contributed by atoms with Gasteiger partial charge in [-0.3, -0.25) is 0 Å². The number of ether oxygens (including phenoxy) is 1. The summed E-state index contributed by atoms with van der Waals surface area (Å²) < 4.78 is 5.80. The number of hydrogen-bond acceptors (Lipinski definition) is 7. The molecule has 0 N–H and O–H groups in total. The fourth-order valence-electron chi connectivity index (χ4n) is 2.42. The summed E-state index contributed by atoms with van der Waals surface area (Å²) in [5.74, 6) is 0.648. The number of hydrogen-bond donors (Lipinski definition) is 0. The normalized spacial score (nSPS) is 15.4. The summed E-state index contributed by atoms with van der Waals surface area (Å²) in [6, 6.07) is 2.50. The molecule has 2 aromatic rings. The Morgan fingerprint density at radius 2 is 1.82 bits per heavy atom. The first kappa shape index (κ1) is 14.2. The number of nitrogens with zero attached hydrogens (tertiary/aromatic N) is 6. The lowest BCUT2D eigenvalue weighted by molar-refractivity contribution is 0.156. The Balaban J connectivity index is 1.61. The highest BCUT2D eigenvalue weighted by Crippen LogP contribution is 2.21. The minimum absolute atomic E-state index is 0.0844. The molecule has 7 heteroatoms. The summed E-state index contributed by atoms with van der Waals surface area (Å²) in [4.78, 5) is 18.7. The molecule has 0 amide bonds. The van der Waals surface area contributed by atoms with Gasteiger partial charge in [0.15, 0.2) is 11.5 Å². The average Bonchev–Trinajstić information content (AvgIpc) is 2.58. The first-order valence-electron chi connectivity index (χ1n) is 7.17. The number of rotatable bonds is 3. The van der Waals surface area contributed by atoms with E-state index in [2.05, 4.69) is 30.9 Å². The molecule has 2 aromatic heterocycles. The summed E-state index contributed by atoms with van der Waals surface area (Å²) in [5.41, 5.74) is 1.37. The highest BCUT2D eigenvalue weighted by atomic mass is 16.5. The Morgan fingerprint density at radius 3 is 2.50 bits per heavy atom. The van der Waals surface area contributed by atoms with Crippen molar-refractivity contribution in [3.63, 3.8) is 0 Å². The average molecular weight is 296 g/mol. The van der Waals surface area contributed by atoms with Gasteiger partial charge >= 0.3 is 6.01 Å². The van der Waals surface area contributed by atoms with Crippen molar-refractivity contribution < 1.29 is 4.74 Å².